The Morgan fingerprint density at radius 2 is 1.61 bits per heavy atom. The largest absolute Gasteiger partial charge is 0.310 e. The summed E-state index contributed by atoms with van der Waals surface area (Å²) < 4.78 is 0. The van der Waals surface area contributed by atoms with Crippen LogP contribution >= 0.6 is 0 Å². The van der Waals surface area contributed by atoms with Crippen molar-refractivity contribution in [2.45, 2.75) is 39.2 Å². The molecule has 2 unspecified atom stereocenters. The topological polar surface area (TPSA) is 57.7 Å². The average Bonchev–Trinajstić information content (AvgIpc) is 2.98. The lowest BCUT2D eigenvalue weighted by Gasteiger charge is -2.37. The van der Waals surface area contributed by atoms with E-state index in [1.54, 1.807) is 29.2 Å². The average molecular weight is 376 g/mol. The minimum Gasteiger partial charge on any atom is -0.310 e. The molecule has 0 radical (unpaired) electrons. The van der Waals surface area contributed by atoms with Crippen molar-refractivity contribution in [3.8, 4) is 0 Å². The number of aryl methyl sites for hydroxylation is 1. The van der Waals surface area contributed by atoms with Gasteiger partial charge in [0, 0.05) is 12.2 Å². The van der Waals surface area contributed by atoms with Gasteiger partial charge in [-0.25, -0.2) is 0 Å². The summed E-state index contributed by atoms with van der Waals surface area (Å²) in [4.78, 5) is 42.7. The number of carbonyl (C=O) groups is 3. The van der Waals surface area contributed by atoms with Crippen molar-refractivity contribution in [3.05, 3.63) is 65.2 Å². The molecule has 0 saturated carbocycles. The fraction of sp³-hybridized carbons (Fsp3) is 0.348. The Morgan fingerprint density at radius 1 is 1.00 bits per heavy atom. The summed E-state index contributed by atoms with van der Waals surface area (Å²) in [7, 11) is 0. The maximum Gasteiger partial charge on any atom is 0.262 e. The quantitative estimate of drug-likeness (QED) is 0.765. The predicted octanol–water partition coefficient (Wildman–Crippen LogP) is 3.68. The van der Waals surface area contributed by atoms with E-state index in [1.165, 1.54) is 4.90 Å². The molecule has 2 atom stereocenters. The second-order valence-electron chi connectivity index (χ2n) is 7.58. The second-order valence-corrected chi connectivity index (χ2v) is 7.58. The maximum atomic E-state index is 13.7. The highest BCUT2D eigenvalue weighted by Crippen LogP contribution is 2.32. The van der Waals surface area contributed by atoms with E-state index >= 15 is 0 Å². The van der Waals surface area contributed by atoms with E-state index in [-0.39, 0.29) is 23.6 Å². The SMILES string of the molecule is CCC(C)C(C(=O)N1CCCc2ccccc21)N1C(=O)c2ccccc2C1=O. The van der Waals surface area contributed by atoms with E-state index in [0.29, 0.717) is 24.1 Å². The van der Waals surface area contributed by atoms with Gasteiger partial charge in [0.25, 0.3) is 17.7 Å². The molecule has 0 aliphatic carbocycles. The van der Waals surface area contributed by atoms with E-state index < -0.39 is 6.04 Å². The zero-order valence-corrected chi connectivity index (χ0v) is 16.2. The fourth-order valence-corrected chi connectivity index (χ4v) is 4.21. The summed E-state index contributed by atoms with van der Waals surface area (Å²) >= 11 is 0. The number of hydrogen-bond acceptors (Lipinski definition) is 3. The number of carbonyl (C=O) groups excluding carboxylic acids is 3. The molecule has 2 aromatic carbocycles. The molecule has 3 amide bonds. The number of hydrogen-bond donors (Lipinski definition) is 0. The lowest BCUT2D eigenvalue weighted by atomic mass is 9.94. The van der Waals surface area contributed by atoms with Gasteiger partial charge in [-0.1, -0.05) is 50.6 Å². The van der Waals surface area contributed by atoms with Gasteiger partial charge in [-0.2, -0.15) is 0 Å². The summed E-state index contributed by atoms with van der Waals surface area (Å²) in [6, 6.07) is 13.9. The summed E-state index contributed by atoms with van der Waals surface area (Å²) in [5, 5.41) is 0. The summed E-state index contributed by atoms with van der Waals surface area (Å²) in [5.41, 5.74) is 2.79. The molecule has 0 bridgehead atoms. The minimum atomic E-state index is -0.802. The lowest BCUT2D eigenvalue weighted by molar-refractivity contribution is -0.124. The van der Waals surface area contributed by atoms with Crippen molar-refractivity contribution in [2.75, 3.05) is 11.4 Å². The van der Waals surface area contributed by atoms with Gasteiger partial charge in [-0.05, 0) is 42.5 Å². The molecule has 5 nitrogen and oxygen atoms in total. The van der Waals surface area contributed by atoms with Crippen LogP contribution in [0.5, 0.6) is 0 Å². The number of amides is 3. The highest BCUT2D eigenvalue weighted by atomic mass is 16.2. The van der Waals surface area contributed by atoms with E-state index in [0.717, 1.165) is 24.1 Å². The van der Waals surface area contributed by atoms with E-state index in [1.807, 2.05) is 38.1 Å². The van der Waals surface area contributed by atoms with Crippen LogP contribution in [0.1, 0.15) is 53.0 Å². The zero-order chi connectivity index (χ0) is 19.8. The summed E-state index contributed by atoms with van der Waals surface area (Å²) in [6.45, 7) is 4.52. The molecule has 0 fully saturated rings. The van der Waals surface area contributed by atoms with Gasteiger partial charge in [0.15, 0.2) is 0 Å². The van der Waals surface area contributed by atoms with Gasteiger partial charge in [-0.3, -0.25) is 19.3 Å². The van der Waals surface area contributed by atoms with Crippen molar-refractivity contribution in [2.24, 2.45) is 5.92 Å². The van der Waals surface area contributed by atoms with Crippen LogP contribution in [0.4, 0.5) is 5.69 Å². The summed E-state index contributed by atoms with van der Waals surface area (Å²) in [5.74, 6) is -1.05. The molecule has 0 saturated heterocycles. The number of nitrogens with zero attached hydrogens (tertiary/aromatic N) is 2. The van der Waals surface area contributed by atoms with Gasteiger partial charge >= 0.3 is 0 Å². The van der Waals surface area contributed by atoms with Gasteiger partial charge < -0.3 is 4.90 Å². The van der Waals surface area contributed by atoms with Crippen molar-refractivity contribution < 1.29 is 14.4 Å². The normalized spacial score (nSPS) is 17.9. The van der Waals surface area contributed by atoms with E-state index in [9.17, 15) is 14.4 Å². The second kappa shape index (κ2) is 7.23. The van der Waals surface area contributed by atoms with Crippen LogP contribution < -0.4 is 4.90 Å². The Bertz CT molecular complexity index is 917. The Morgan fingerprint density at radius 3 is 2.25 bits per heavy atom. The molecule has 28 heavy (non-hydrogen) atoms. The number of benzene rings is 2. The van der Waals surface area contributed by atoms with Crippen LogP contribution in [-0.4, -0.2) is 35.2 Å². The Kier molecular flexibility index (Phi) is 4.75. The molecular weight excluding hydrogens is 352 g/mol. The highest BCUT2D eigenvalue weighted by Gasteiger charge is 2.46. The molecule has 0 N–H and O–H groups in total. The molecule has 0 aromatic heterocycles. The van der Waals surface area contributed by atoms with Crippen LogP contribution in [0.2, 0.25) is 0 Å². The number of para-hydroxylation sites is 1. The van der Waals surface area contributed by atoms with Crippen LogP contribution in [0.3, 0.4) is 0 Å². The van der Waals surface area contributed by atoms with Crippen molar-refractivity contribution >= 4 is 23.4 Å². The fourth-order valence-electron chi connectivity index (χ4n) is 4.21. The molecule has 0 spiro atoms. The number of imide groups is 1. The first kappa shape index (κ1) is 18.4. The molecule has 2 heterocycles. The third-order valence-electron chi connectivity index (χ3n) is 5.92. The van der Waals surface area contributed by atoms with Crippen LogP contribution in [0.15, 0.2) is 48.5 Å². The smallest absolute Gasteiger partial charge is 0.262 e. The van der Waals surface area contributed by atoms with Gasteiger partial charge in [0.05, 0.1) is 11.1 Å². The van der Waals surface area contributed by atoms with Crippen LogP contribution in [0, 0.1) is 5.92 Å². The third-order valence-corrected chi connectivity index (χ3v) is 5.92. The van der Waals surface area contributed by atoms with Crippen LogP contribution in [0.25, 0.3) is 0 Å². The van der Waals surface area contributed by atoms with Gasteiger partial charge in [0.2, 0.25) is 0 Å². The predicted molar refractivity (Wildman–Crippen MR) is 107 cm³/mol. The lowest BCUT2D eigenvalue weighted by Crippen LogP contribution is -2.55. The van der Waals surface area contributed by atoms with Crippen molar-refractivity contribution in [1.82, 2.24) is 4.90 Å². The Labute approximate surface area is 164 Å². The molecule has 2 aliphatic heterocycles. The first-order valence-corrected chi connectivity index (χ1v) is 9.90. The third kappa shape index (κ3) is 2.82. The molecule has 144 valence electrons. The molecule has 2 aliphatic rings. The first-order chi connectivity index (χ1) is 13.5. The first-order valence-electron chi connectivity index (χ1n) is 9.90. The number of fused-ring (bicyclic) bond motifs is 2. The number of anilines is 1. The van der Waals surface area contributed by atoms with E-state index in [4.69, 9.17) is 0 Å². The monoisotopic (exact) mass is 376 g/mol. The van der Waals surface area contributed by atoms with Gasteiger partial charge in [0.1, 0.15) is 6.04 Å². The van der Waals surface area contributed by atoms with E-state index in [2.05, 4.69) is 0 Å². The van der Waals surface area contributed by atoms with Crippen molar-refractivity contribution in [1.29, 1.82) is 0 Å². The highest BCUT2D eigenvalue weighted by molar-refractivity contribution is 6.23. The summed E-state index contributed by atoms with van der Waals surface area (Å²) in [6.07, 6.45) is 2.50. The Balaban J connectivity index is 1.74. The van der Waals surface area contributed by atoms with Crippen LogP contribution in [-0.2, 0) is 11.2 Å². The molecule has 2 aromatic rings. The zero-order valence-electron chi connectivity index (χ0n) is 16.2. The molecule has 4 rings (SSSR count). The maximum absolute atomic E-state index is 13.7. The standard InChI is InChI=1S/C23H24N2O3/c1-3-15(2)20(25-21(26)17-11-5-6-12-18(17)22(25)27)23(28)24-14-8-10-16-9-4-7-13-19(16)24/h4-7,9,11-13,15,20H,3,8,10,14H2,1-2H3. The minimum absolute atomic E-state index is 0.135. The molecular formula is C23H24N2O3. The van der Waals surface area contributed by atoms with Crippen molar-refractivity contribution in [3.63, 3.8) is 0 Å². The number of rotatable bonds is 4. The Hall–Kier alpha value is -2.95. The molecule has 5 heteroatoms. The van der Waals surface area contributed by atoms with Gasteiger partial charge in [-0.15, -0.1) is 0 Å².